The van der Waals surface area contributed by atoms with Crippen LogP contribution >= 0.6 is 11.8 Å². The SMILES string of the molecule is C=CCN(C(=O)[C@H]1[C@H]2C(=O)N(CCO)C(C(=O)N(CC=C)C(C)(C)C)C23CC[C@]1(C)S3)c1ccccc1. The van der Waals surface area contributed by atoms with E-state index in [0.29, 0.717) is 19.5 Å². The van der Waals surface area contributed by atoms with Gasteiger partial charge in [0.2, 0.25) is 17.7 Å². The molecular weight excluding hydrogens is 486 g/mol. The summed E-state index contributed by atoms with van der Waals surface area (Å²) in [6, 6.07) is 8.70. The number of hydrogen-bond donors (Lipinski definition) is 1. The topological polar surface area (TPSA) is 81.2 Å². The highest BCUT2D eigenvalue weighted by molar-refractivity contribution is 8.02. The predicted octanol–water partition coefficient (Wildman–Crippen LogP) is 3.49. The normalized spacial score (nSPS) is 30.2. The molecule has 1 spiro atoms. The van der Waals surface area contributed by atoms with Crippen molar-refractivity contribution >= 4 is 35.2 Å². The van der Waals surface area contributed by atoms with E-state index >= 15 is 0 Å². The third-order valence-corrected chi connectivity index (χ3v) is 10.1. The Hall–Kier alpha value is -2.58. The molecule has 1 aromatic carbocycles. The number of aliphatic hydroxyl groups excluding tert-OH is 1. The van der Waals surface area contributed by atoms with E-state index in [-0.39, 0.29) is 30.9 Å². The predicted molar refractivity (Wildman–Crippen MR) is 148 cm³/mol. The van der Waals surface area contributed by atoms with E-state index < -0.39 is 32.9 Å². The van der Waals surface area contributed by atoms with Gasteiger partial charge < -0.3 is 19.8 Å². The summed E-state index contributed by atoms with van der Waals surface area (Å²) in [5, 5.41) is 9.88. The number of para-hydroxylation sites is 1. The summed E-state index contributed by atoms with van der Waals surface area (Å²) in [5.74, 6) is -1.68. The van der Waals surface area contributed by atoms with E-state index in [2.05, 4.69) is 20.1 Å². The van der Waals surface area contributed by atoms with Crippen molar-refractivity contribution in [2.24, 2.45) is 11.8 Å². The lowest BCUT2D eigenvalue weighted by molar-refractivity contribution is -0.145. The summed E-state index contributed by atoms with van der Waals surface area (Å²) in [6.45, 7) is 16.2. The van der Waals surface area contributed by atoms with Crippen LogP contribution in [0, 0.1) is 11.8 Å². The molecule has 7 nitrogen and oxygen atoms in total. The summed E-state index contributed by atoms with van der Waals surface area (Å²) in [5.41, 5.74) is 0.274. The van der Waals surface area contributed by atoms with Crippen LogP contribution in [0.1, 0.15) is 40.5 Å². The van der Waals surface area contributed by atoms with Crippen molar-refractivity contribution in [3.05, 3.63) is 55.6 Å². The zero-order valence-electron chi connectivity index (χ0n) is 22.4. The largest absolute Gasteiger partial charge is 0.395 e. The third kappa shape index (κ3) is 4.32. The van der Waals surface area contributed by atoms with Crippen LogP contribution in [0.3, 0.4) is 0 Å². The molecule has 0 aliphatic carbocycles. The Morgan fingerprint density at radius 1 is 1.14 bits per heavy atom. The third-order valence-electron chi connectivity index (χ3n) is 8.15. The van der Waals surface area contributed by atoms with Crippen molar-refractivity contribution in [2.75, 3.05) is 31.1 Å². The minimum absolute atomic E-state index is 0.0623. The van der Waals surface area contributed by atoms with E-state index in [1.54, 1.807) is 38.6 Å². The quantitative estimate of drug-likeness (QED) is 0.499. The number of rotatable bonds is 9. The van der Waals surface area contributed by atoms with Gasteiger partial charge >= 0.3 is 0 Å². The number of carbonyl (C=O) groups is 3. The van der Waals surface area contributed by atoms with Crippen molar-refractivity contribution in [3.63, 3.8) is 0 Å². The Labute approximate surface area is 224 Å². The van der Waals surface area contributed by atoms with Crippen molar-refractivity contribution < 1.29 is 19.5 Å². The summed E-state index contributed by atoms with van der Waals surface area (Å²) >= 11 is 1.64. The first-order valence-corrected chi connectivity index (χ1v) is 13.8. The Morgan fingerprint density at radius 2 is 1.78 bits per heavy atom. The van der Waals surface area contributed by atoms with Crippen molar-refractivity contribution in [1.82, 2.24) is 9.80 Å². The monoisotopic (exact) mass is 525 g/mol. The molecular formula is C29H39N3O4S. The zero-order chi connectivity index (χ0) is 27.2. The van der Waals surface area contributed by atoms with Gasteiger partial charge in [-0.15, -0.1) is 24.9 Å². The molecule has 37 heavy (non-hydrogen) atoms. The zero-order valence-corrected chi connectivity index (χ0v) is 23.2. The van der Waals surface area contributed by atoms with Crippen LogP contribution in [0.4, 0.5) is 5.69 Å². The minimum atomic E-state index is -0.745. The maximum absolute atomic E-state index is 14.3. The number of carbonyl (C=O) groups excluding carboxylic acids is 3. The molecule has 0 radical (unpaired) electrons. The summed E-state index contributed by atoms with van der Waals surface area (Å²) in [7, 11) is 0. The number of β-amino-alcohol motifs (C(OH)–C–C–N with tert-alkyl or cyclic N) is 1. The molecule has 1 N–H and O–H groups in total. The van der Waals surface area contributed by atoms with Crippen LogP contribution in [0.5, 0.6) is 0 Å². The van der Waals surface area contributed by atoms with Gasteiger partial charge in [0.15, 0.2) is 0 Å². The number of anilines is 1. The van der Waals surface area contributed by atoms with E-state index in [1.807, 2.05) is 51.1 Å². The number of thioether (sulfide) groups is 1. The molecule has 2 bridgehead atoms. The first-order chi connectivity index (χ1) is 17.5. The maximum Gasteiger partial charge on any atom is 0.247 e. The lowest BCUT2D eigenvalue weighted by Crippen LogP contribution is -2.59. The average molecular weight is 526 g/mol. The fraction of sp³-hybridized carbons (Fsp3) is 0.552. The molecule has 1 aromatic rings. The number of amides is 3. The fourth-order valence-corrected chi connectivity index (χ4v) is 8.97. The molecule has 3 fully saturated rings. The van der Waals surface area contributed by atoms with Crippen LogP contribution in [0.25, 0.3) is 0 Å². The van der Waals surface area contributed by atoms with Crippen LogP contribution in [-0.4, -0.2) is 79.9 Å². The van der Waals surface area contributed by atoms with Gasteiger partial charge in [-0.2, -0.15) is 0 Å². The van der Waals surface area contributed by atoms with E-state index in [0.717, 1.165) is 12.1 Å². The Morgan fingerprint density at radius 3 is 2.35 bits per heavy atom. The molecule has 200 valence electrons. The number of nitrogens with zero attached hydrogens (tertiary/aromatic N) is 3. The van der Waals surface area contributed by atoms with Gasteiger partial charge in [0.1, 0.15) is 6.04 Å². The van der Waals surface area contributed by atoms with Crippen molar-refractivity contribution in [1.29, 1.82) is 0 Å². The second-order valence-electron chi connectivity index (χ2n) is 11.5. The minimum Gasteiger partial charge on any atom is -0.395 e. The lowest BCUT2D eigenvalue weighted by Gasteiger charge is -2.42. The average Bonchev–Trinajstić information content (AvgIpc) is 3.41. The van der Waals surface area contributed by atoms with Crippen LogP contribution in [0.2, 0.25) is 0 Å². The van der Waals surface area contributed by atoms with Gasteiger partial charge in [0.05, 0.1) is 23.2 Å². The molecule has 3 aliphatic heterocycles. The molecule has 8 heteroatoms. The number of fused-ring (bicyclic) bond motifs is 1. The second kappa shape index (κ2) is 9.95. The fourth-order valence-electron chi connectivity index (χ4n) is 6.63. The molecule has 4 rings (SSSR count). The molecule has 2 unspecified atom stereocenters. The van der Waals surface area contributed by atoms with Crippen LogP contribution in [-0.2, 0) is 14.4 Å². The van der Waals surface area contributed by atoms with Gasteiger partial charge in [0.25, 0.3) is 0 Å². The first-order valence-electron chi connectivity index (χ1n) is 13.0. The molecule has 5 atom stereocenters. The van der Waals surface area contributed by atoms with Gasteiger partial charge in [-0.3, -0.25) is 14.4 Å². The number of likely N-dealkylation sites (tertiary alicyclic amines) is 1. The highest BCUT2D eigenvalue weighted by atomic mass is 32.2. The van der Waals surface area contributed by atoms with Gasteiger partial charge in [-0.25, -0.2) is 0 Å². The molecule has 3 heterocycles. The Bertz CT molecular complexity index is 1090. The first kappa shape index (κ1) is 27.5. The summed E-state index contributed by atoms with van der Waals surface area (Å²) in [6.07, 6.45) is 4.81. The Balaban J connectivity index is 1.80. The number of benzene rings is 1. The van der Waals surface area contributed by atoms with E-state index in [1.165, 1.54) is 0 Å². The van der Waals surface area contributed by atoms with Crippen LogP contribution in [0.15, 0.2) is 55.6 Å². The van der Waals surface area contributed by atoms with E-state index in [9.17, 15) is 19.5 Å². The van der Waals surface area contributed by atoms with Crippen molar-refractivity contribution in [2.45, 2.75) is 61.6 Å². The van der Waals surface area contributed by atoms with E-state index in [4.69, 9.17) is 0 Å². The Kier molecular flexibility index (Phi) is 7.38. The number of hydrogen-bond acceptors (Lipinski definition) is 5. The smallest absolute Gasteiger partial charge is 0.247 e. The molecule has 0 saturated carbocycles. The van der Waals surface area contributed by atoms with Gasteiger partial charge in [0, 0.05) is 35.6 Å². The van der Waals surface area contributed by atoms with Gasteiger partial charge in [-0.05, 0) is 52.7 Å². The van der Waals surface area contributed by atoms with Gasteiger partial charge in [-0.1, -0.05) is 30.4 Å². The second-order valence-corrected chi connectivity index (χ2v) is 13.4. The maximum atomic E-state index is 14.3. The molecule has 3 aliphatic rings. The van der Waals surface area contributed by atoms with Crippen molar-refractivity contribution in [3.8, 4) is 0 Å². The summed E-state index contributed by atoms with van der Waals surface area (Å²) < 4.78 is -1.19. The lowest BCUT2D eigenvalue weighted by atomic mass is 9.66. The summed E-state index contributed by atoms with van der Waals surface area (Å²) in [4.78, 5) is 47.7. The van der Waals surface area contributed by atoms with Crippen LogP contribution < -0.4 is 4.90 Å². The number of aliphatic hydroxyl groups is 1. The highest BCUT2D eigenvalue weighted by Crippen LogP contribution is 2.71. The standard InChI is InChI=1S/C29H39N3O4S/c1-7-16-30(20-12-10-9-11-13-20)24(34)21-22-25(35)31(18-19-33)23(29(22)15-14-28(21,6)37-29)26(36)32(17-8-2)27(3,4)5/h7-13,21-23,33H,1-2,14-19H2,3-6H3/t21-,22+,23?,28+,29?/m1/s1. The molecule has 0 aromatic heterocycles. The molecule has 3 saturated heterocycles. The highest BCUT2D eigenvalue weighted by Gasteiger charge is 2.77. The molecule has 3 amide bonds.